The Kier molecular flexibility index (Phi) is 2.28. The molecule has 0 aliphatic carbocycles. The first-order valence-corrected chi connectivity index (χ1v) is 6.69. The van der Waals surface area contributed by atoms with Gasteiger partial charge in [0.2, 0.25) is 0 Å². The summed E-state index contributed by atoms with van der Waals surface area (Å²) in [5.74, 6) is 2.53. The van der Waals surface area contributed by atoms with Gasteiger partial charge in [0.1, 0.15) is 0 Å². The van der Waals surface area contributed by atoms with E-state index in [0.29, 0.717) is 6.04 Å². The van der Waals surface area contributed by atoms with Gasteiger partial charge in [0.15, 0.2) is 0 Å². The molecule has 0 spiro atoms. The van der Waals surface area contributed by atoms with Gasteiger partial charge in [0, 0.05) is 24.6 Å². The molecule has 80 valence electrons. The SMILES string of the molecule is Cc1cccc2c1N1CCSCC1CN2. The van der Waals surface area contributed by atoms with E-state index in [2.05, 4.69) is 47.1 Å². The molecule has 2 aliphatic heterocycles. The molecule has 0 bridgehead atoms. The molecule has 2 heterocycles. The summed E-state index contributed by atoms with van der Waals surface area (Å²) in [5.41, 5.74) is 4.16. The Morgan fingerprint density at radius 3 is 3.33 bits per heavy atom. The molecule has 0 aromatic heterocycles. The maximum absolute atomic E-state index is 3.55. The fourth-order valence-electron chi connectivity index (χ4n) is 2.53. The van der Waals surface area contributed by atoms with Crippen LogP contribution in [0.5, 0.6) is 0 Å². The van der Waals surface area contributed by atoms with E-state index in [1.807, 2.05) is 0 Å². The highest BCUT2D eigenvalue weighted by Crippen LogP contribution is 2.36. The fourth-order valence-corrected chi connectivity index (χ4v) is 3.59. The molecule has 1 aromatic carbocycles. The standard InChI is InChI=1S/C12H16N2S/c1-9-3-2-4-11-12(9)14-5-6-15-8-10(14)7-13-11/h2-4,10,13H,5-8H2,1H3. The van der Waals surface area contributed by atoms with E-state index in [1.165, 1.54) is 35.0 Å². The van der Waals surface area contributed by atoms with Crippen LogP contribution in [0.3, 0.4) is 0 Å². The molecule has 0 saturated carbocycles. The monoisotopic (exact) mass is 220 g/mol. The van der Waals surface area contributed by atoms with E-state index in [9.17, 15) is 0 Å². The Morgan fingerprint density at radius 2 is 2.40 bits per heavy atom. The molecule has 1 atom stereocenters. The zero-order valence-corrected chi connectivity index (χ0v) is 9.81. The Morgan fingerprint density at radius 1 is 1.47 bits per heavy atom. The molecule has 15 heavy (non-hydrogen) atoms. The minimum absolute atomic E-state index is 0.692. The lowest BCUT2D eigenvalue weighted by atomic mass is 10.1. The summed E-state index contributed by atoms with van der Waals surface area (Å²) in [4.78, 5) is 2.59. The van der Waals surface area contributed by atoms with Gasteiger partial charge in [0.05, 0.1) is 17.4 Å². The molecule has 1 aromatic rings. The van der Waals surface area contributed by atoms with Crippen LogP contribution >= 0.6 is 11.8 Å². The van der Waals surface area contributed by atoms with Crippen LogP contribution in [0.25, 0.3) is 0 Å². The van der Waals surface area contributed by atoms with Crippen LogP contribution in [0.2, 0.25) is 0 Å². The number of thioether (sulfide) groups is 1. The van der Waals surface area contributed by atoms with Gasteiger partial charge in [-0.05, 0) is 18.6 Å². The summed E-state index contributed by atoms with van der Waals surface area (Å²) in [6.07, 6.45) is 0. The Hall–Kier alpha value is -0.830. The summed E-state index contributed by atoms with van der Waals surface area (Å²) < 4.78 is 0. The van der Waals surface area contributed by atoms with Crippen LogP contribution in [0.1, 0.15) is 5.56 Å². The van der Waals surface area contributed by atoms with Crippen molar-refractivity contribution in [2.75, 3.05) is 34.8 Å². The first-order chi connectivity index (χ1) is 7.36. The van der Waals surface area contributed by atoms with Gasteiger partial charge >= 0.3 is 0 Å². The zero-order chi connectivity index (χ0) is 10.3. The van der Waals surface area contributed by atoms with Crippen molar-refractivity contribution in [3.8, 4) is 0 Å². The normalized spacial score (nSPS) is 24.1. The summed E-state index contributed by atoms with van der Waals surface area (Å²) >= 11 is 2.08. The van der Waals surface area contributed by atoms with Crippen molar-refractivity contribution in [1.82, 2.24) is 0 Å². The molecule has 1 N–H and O–H groups in total. The van der Waals surface area contributed by atoms with Crippen LogP contribution in [0.15, 0.2) is 18.2 Å². The molecule has 1 fully saturated rings. The van der Waals surface area contributed by atoms with Gasteiger partial charge < -0.3 is 10.2 Å². The number of anilines is 2. The smallest absolute Gasteiger partial charge is 0.0635 e. The second-order valence-corrected chi connectivity index (χ2v) is 5.42. The molecular weight excluding hydrogens is 204 g/mol. The van der Waals surface area contributed by atoms with Crippen LogP contribution < -0.4 is 10.2 Å². The van der Waals surface area contributed by atoms with E-state index in [1.54, 1.807) is 0 Å². The van der Waals surface area contributed by atoms with Gasteiger partial charge in [0.25, 0.3) is 0 Å². The number of para-hydroxylation sites is 1. The van der Waals surface area contributed by atoms with Crippen molar-refractivity contribution in [2.45, 2.75) is 13.0 Å². The Labute approximate surface area is 95.0 Å². The maximum atomic E-state index is 3.55. The highest BCUT2D eigenvalue weighted by atomic mass is 32.2. The van der Waals surface area contributed by atoms with Crippen molar-refractivity contribution >= 4 is 23.1 Å². The number of hydrogen-bond acceptors (Lipinski definition) is 3. The largest absolute Gasteiger partial charge is 0.381 e. The van der Waals surface area contributed by atoms with Crippen molar-refractivity contribution in [3.63, 3.8) is 0 Å². The van der Waals surface area contributed by atoms with E-state index in [-0.39, 0.29) is 0 Å². The van der Waals surface area contributed by atoms with Crippen LogP contribution in [-0.4, -0.2) is 30.6 Å². The highest BCUT2D eigenvalue weighted by Gasteiger charge is 2.29. The van der Waals surface area contributed by atoms with E-state index in [0.717, 1.165) is 6.54 Å². The van der Waals surface area contributed by atoms with Crippen LogP contribution in [0.4, 0.5) is 11.4 Å². The number of fused-ring (bicyclic) bond motifs is 3. The lowest BCUT2D eigenvalue weighted by molar-refractivity contribution is 0.654. The summed E-state index contributed by atoms with van der Waals surface area (Å²) in [7, 11) is 0. The third-order valence-electron chi connectivity index (χ3n) is 3.28. The maximum Gasteiger partial charge on any atom is 0.0635 e. The Balaban J connectivity index is 2.05. The molecule has 3 heteroatoms. The average Bonchev–Trinajstić information content (AvgIpc) is 2.29. The molecule has 3 rings (SSSR count). The number of benzene rings is 1. The average molecular weight is 220 g/mol. The van der Waals surface area contributed by atoms with Gasteiger partial charge in [-0.2, -0.15) is 11.8 Å². The molecule has 1 unspecified atom stereocenters. The minimum atomic E-state index is 0.692. The highest BCUT2D eigenvalue weighted by molar-refractivity contribution is 7.99. The van der Waals surface area contributed by atoms with Crippen molar-refractivity contribution in [3.05, 3.63) is 23.8 Å². The Bertz CT molecular complexity index is 378. The van der Waals surface area contributed by atoms with Crippen LogP contribution in [-0.2, 0) is 0 Å². The number of rotatable bonds is 0. The van der Waals surface area contributed by atoms with Crippen molar-refractivity contribution < 1.29 is 0 Å². The van der Waals surface area contributed by atoms with Gasteiger partial charge in [-0.15, -0.1) is 0 Å². The van der Waals surface area contributed by atoms with E-state index >= 15 is 0 Å². The third-order valence-corrected chi connectivity index (χ3v) is 4.37. The molecule has 2 aliphatic rings. The van der Waals surface area contributed by atoms with Gasteiger partial charge in [-0.3, -0.25) is 0 Å². The first-order valence-electron chi connectivity index (χ1n) is 5.54. The molecule has 0 amide bonds. The topological polar surface area (TPSA) is 15.3 Å². The number of nitrogens with one attached hydrogen (secondary N) is 1. The molecule has 1 saturated heterocycles. The van der Waals surface area contributed by atoms with Crippen LogP contribution in [0, 0.1) is 6.92 Å². The fraction of sp³-hybridized carbons (Fsp3) is 0.500. The summed E-state index contributed by atoms with van der Waals surface area (Å²) in [6, 6.07) is 7.24. The van der Waals surface area contributed by atoms with Crippen molar-refractivity contribution in [1.29, 1.82) is 0 Å². The van der Waals surface area contributed by atoms with Crippen molar-refractivity contribution in [2.24, 2.45) is 0 Å². The van der Waals surface area contributed by atoms with Gasteiger partial charge in [-0.1, -0.05) is 12.1 Å². The predicted octanol–water partition coefficient (Wildman–Crippen LogP) is 2.34. The second-order valence-electron chi connectivity index (χ2n) is 4.27. The van der Waals surface area contributed by atoms with E-state index in [4.69, 9.17) is 0 Å². The first kappa shape index (κ1) is 9.40. The minimum Gasteiger partial charge on any atom is -0.381 e. The summed E-state index contributed by atoms with van der Waals surface area (Å²) in [5, 5.41) is 3.55. The number of nitrogens with zero attached hydrogens (tertiary/aromatic N) is 1. The van der Waals surface area contributed by atoms with Gasteiger partial charge in [-0.25, -0.2) is 0 Å². The quantitative estimate of drug-likeness (QED) is 0.722. The lowest BCUT2D eigenvalue weighted by Crippen LogP contribution is -2.49. The second kappa shape index (κ2) is 3.63. The zero-order valence-electron chi connectivity index (χ0n) is 8.99. The third kappa shape index (κ3) is 1.49. The van der Waals surface area contributed by atoms with E-state index < -0.39 is 0 Å². The predicted molar refractivity (Wildman–Crippen MR) is 68.1 cm³/mol. The summed E-state index contributed by atoms with van der Waals surface area (Å²) in [6.45, 7) is 4.52. The lowest BCUT2D eigenvalue weighted by Gasteiger charge is -2.43. The number of aryl methyl sites for hydroxylation is 1. The molecule has 2 nitrogen and oxygen atoms in total. The molecule has 0 radical (unpaired) electrons. The number of hydrogen-bond donors (Lipinski definition) is 1. The molecular formula is C12H16N2S.